The summed E-state index contributed by atoms with van der Waals surface area (Å²) in [4.78, 5) is 0. The summed E-state index contributed by atoms with van der Waals surface area (Å²) < 4.78 is 11.2. The fourth-order valence-electron chi connectivity index (χ4n) is 3.55. The minimum atomic E-state index is 0.155. The van der Waals surface area contributed by atoms with Crippen LogP contribution in [0.1, 0.15) is 11.6 Å². The Labute approximate surface area is 136 Å². The zero-order valence-electron chi connectivity index (χ0n) is 13.4. The highest BCUT2D eigenvalue weighted by Gasteiger charge is 2.34. The maximum absolute atomic E-state index is 5.67. The van der Waals surface area contributed by atoms with E-state index in [1.165, 1.54) is 16.3 Å². The van der Waals surface area contributed by atoms with Gasteiger partial charge >= 0.3 is 0 Å². The molecule has 4 heteroatoms. The van der Waals surface area contributed by atoms with Gasteiger partial charge in [-0.15, -0.1) is 0 Å². The van der Waals surface area contributed by atoms with E-state index in [0.29, 0.717) is 0 Å². The van der Waals surface area contributed by atoms with Crippen molar-refractivity contribution in [1.29, 1.82) is 0 Å². The summed E-state index contributed by atoms with van der Waals surface area (Å²) in [5.41, 5.74) is 1.28. The number of nitrogens with zero attached hydrogens (tertiary/aromatic N) is 2. The average Bonchev–Trinajstić information content (AvgIpc) is 3.06. The van der Waals surface area contributed by atoms with Crippen molar-refractivity contribution >= 4 is 10.8 Å². The van der Waals surface area contributed by atoms with Gasteiger partial charge in [-0.1, -0.05) is 36.4 Å². The molecule has 2 aliphatic heterocycles. The van der Waals surface area contributed by atoms with Crippen molar-refractivity contribution in [1.82, 2.24) is 10.0 Å². The molecule has 1 saturated heterocycles. The summed E-state index contributed by atoms with van der Waals surface area (Å²) in [7, 11) is 1.77. The number of hydrazine groups is 1. The molecule has 0 aliphatic carbocycles. The van der Waals surface area contributed by atoms with Crippen LogP contribution >= 0.6 is 0 Å². The van der Waals surface area contributed by atoms with E-state index in [0.717, 1.165) is 38.6 Å². The SMILES string of the molecule is COC1=CCN(N2CCOCC2)C1c1ccc2ccccc2c1. The number of hydrogen-bond acceptors (Lipinski definition) is 4. The molecule has 1 atom stereocenters. The van der Waals surface area contributed by atoms with Gasteiger partial charge in [0.05, 0.1) is 20.3 Å². The van der Waals surface area contributed by atoms with Gasteiger partial charge < -0.3 is 9.47 Å². The van der Waals surface area contributed by atoms with Gasteiger partial charge in [-0.2, -0.15) is 0 Å². The monoisotopic (exact) mass is 310 g/mol. The third kappa shape index (κ3) is 2.74. The molecule has 2 heterocycles. The molecule has 2 aliphatic rings. The predicted octanol–water partition coefficient (Wildman–Crippen LogP) is 2.97. The number of ether oxygens (including phenoxy) is 2. The van der Waals surface area contributed by atoms with E-state index < -0.39 is 0 Å². The average molecular weight is 310 g/mol. The van der Waals surface area contributed by atoms with Crippen LogP contribution in [0.4, 0.5) is 0 Å². The molecule has 1 fully saturated rings. The molecule has 0 saturated carbocycles. The fraction of sp³-hybridized carbons (Fsp3) is 0.368. The molecule has 4 rings (SSSR count). The van der Waals surface area contributed by atoms with Gasteiger partial charge in [0.1, 0.15) is 11.8 Å². The van der Waals surface area contributed by atoms with E-state index in [2.05, 4.69) is 58.6 Å². The maximum Gasteiger partial charge on any atom is 0.116 e. The van der Waals surface area contributed by atoms with E-state index in [1.807, 2.05) is 0 Å². The topological polar surface area (TPSA) is 24.9 Å². The zero-order chi connectivity index (χ0) is 15.6. The zero-order valence-corrected chi connectivity index (χ0v) is 13.4. The van der Waals surface area contributed by atoms with Gasteiger partial charge in [-0.25, -0.2) is 10.0 Å². The first-order chi connectivity index (χ1) is 11.4. The van der Waals surface area contributed by atoms with Gasteiger partial charge in [0.25, 0.3) is 0 Å². The molecule has 0 aromatic heterocycles. The van der Waals surface area contributed by atoms with Crippen molar-refractivity contribution in [3.8, 4) is 0 Å². The second kappa shape index (κ2) is 6.32. The number of morpholine rings is 1. The van der Waals surface area contributed by atoms with Crippen molar-refractivity contribution in [2.45, 2.75) is 6.04 Å². The Bertz CT molecular complexity index is 722. The van der Waals surface area contributed by atoms with Crippen LogP contribution in [0.25, 0.3) is 10.8 Å². The van der Waals surface area contributed by atoms with Crippen LogP contribution in [-0.2, 0) is 9.47 Å². The lowest BCUT2D eigenvalue weighted by molar-refractivity contribution is -0.0999. The second-order valence-corrected chi connectivity index (χ2v) is 6.01. The molecule has 0 bridgehead atoms. The molecule has 0 N–H and O–H groups in total. The normalized spacial score (nSPS) is 23.2. The van der Waals surface area contributed by atoms with Gasteiger partial charge in [0, 0.05) is 19.6 Å². The predicted molar refractivity (Wildman–Crippen MR) is 90.9 cm³/mol. The van der Waals surface area contributed by atoms with Crippen LogP contribution in [0, 0.1) is 0 Å². The Kier molecular flexibility index (Phi) is 4.04. The smallest absolute Gasteiger partial charge is 0.116 e. The fourth-order valence-corrected chi connectivity index (χ4v) is 3.55. The highest BCUT2D eigenvalue weighted by Crippen LogP contribution is 2.36. The molecular formula is C19H22N2O2. The molecule has 1 unspecified atom stereocenters. The van der Waals surface area contributed by atoms with Crippen LogP contribution < -0.4 is 0 Å². The first-order valence-corrected chi connectivity index (χ1v) is 8.19. The van der Waals surface area contributed by atoms with E-state index in [9.17, 15) is 0 Å². The summed E-state index contributed by atoms with van der Waals surface area (Å²) in [6, 6.07) is 15.4. The Morgan fingerprint density at radius 3 is 2.61 bits per heavy atom. The first-order valence-electron chi connectivity index (χ1n) is 8.19. The molecule has 0 radical (unpaired) electrons. The van der Waals surface area contributed by atoms with Crippen molar-refractivity contribution in [3.05, 3.63) is 59.9 Å². The molecule has 0 spiro atoms. The quantitative estimate of drug-likeness (QED) is 0.870. The molecule has 23 heavy (non-hydrogen) atoms. The Morgan fingerprint density at radius 1 is 1.04 bits per heavy atom. The number of fused-ring (bicyclic) bond motifs is 1. The number of benzene rings is 2. The first kappa shape index (κ1) is 14.7. The molecular weight excluding hydrogens is 288 g/mol. The lowest BCUT2D eigenvalue weighted by Gasteiger charge is -2.39. The van der Waals surface area contributed by atoms with E-state index in [-0.39, 0.29) is 6.04 Å². The standard InChI is InChI=1S/C19H22N2O2/c1-22-18-8-9-21(20-10-12-23-13-11-20)19(18)17-7-6-15-4-2-3-5-16(15)14-17/h2-8,14,19H,9-13H2,1H3. The van der Waals surface area contributed by atoms with Crippen molar-refractivity contribution in [3.63, 3.8) is 0 Å². The minimum absolute atomic E-state index is 0.155. The van der Waals surface area contributed by atoms with E-state index in [1.54, 1.807) is 7.11 Å². The summed E-state index contributed by atoms with van der Waals surface area (Å²) in [5.74, 6) is 1.03. The van der Waals surface area contributed by atoms with Crippen LogP contribution in [-0.4, -0.2) is 50.0 Å². The number of rotatable bonds is 3. The van der Waals surface area contributed by atoms with E-state index >= 15 is 0 Å². The molecule has 2 aromatic rings. The Hall–Kier alpha value is -1.88. The number of methoxy groups -OCH3 is 1. The number of hydrogen-bond donors (Lipinski definition) is 0. The largest absolute Gasteiger partial charge is 0.499 e. The molecule has 0 amide bonds. The summed E-state index contributed by atoms with van der Waals surface area (Å²) in [6.07, 6.45) is 2.19. The highest BCUT2D eigenvalue weighted by molar-refractivity contribution is 5.83. The summed E-state index contributed by atoms with van der Waals surface area (Å²) in [5, 5.41) is 7.35. The van der Waals surface area contributed by atoms with Crippen molar-refractivity contribution in [2.24, 2.45) is 0 Å². The van der Waals surface area contributed by atoms with Crippen LogP contribution in [0.15, 0.2) is 54.3 Å². The van der Waals surface area contributed by atoms with E-state index in [4.69, 9.17) is 9.47 Å². The van der Waals surface area contributed by atoms with Gasteiger partial charge in [-0.3, -0.25) is 0 Å². The molecule has 2 aromatic carbocycles. The Balaban J connectivity index is 1.69. The molecule has 4 nitrogen and oxygen atoms in total. The van der Waals surface area contributed by atoms with Gasteiger partial charge in [-0.05, 0) is 28.5 Å². The minimum Gasteiger partial charge on any atom is -0.499 e. The third-order valence-electron chi connectivity index (χ3n) is 4.72. The second-order valence-electron chi connectivity index (χ2n) is 6.01. The van der Waals surface area contributed by atoms with Crippen LogP contribution in [0.2, 0.25) is 0 Å². The lowest BCUT2D eigenvalue weighted by Crippen LogP contribution is -2.49. The van der Waals surface area contributed by atoms with Crippen LogP contribution in [0.3, 0.4) is 0 Å². The Morgan fingerprint density at radius 2 is 1.83 bits per heavy atom. The van der Waals surface area contributed by atoms with Crippen molar-refractivity contribution in [2.75, 3.05) is 40.0 Å². The third-order valence-corrected chi connectivity index (χ3v) is 4.72. The van der Waals surface area contributed by atoms with Gasteiger partial charge in [0.2, 0.25) is 0 Å². The summed E-state index contributed by atoms with van der Waals surface area (Å²) >= 11 is 0. The lowest BCUT2D eigenvalue weighted by atomic mass is 10.0. The van der Waals surface area contributed by atoms with Crippen molar-refractivity contribution < 1.29 is 9.47 Å². The highest BCUT2D eigenvalue weighted by atomic mass is 16.5. The summed E-state index contributed by atoms with van der Waals surface area (Å²) in [6.45, 7) is 4.36. The van der Waals surface area contributed by atoms with Gasteiger partial charge in [0.15, 0.2) is 0 Å². The maximum atomic E-state index is 5.67. The van der Waals surface area contributed by atoms with Crippen LogP contribution in [0.5, 0.6) is 0 Å². The molecule has 120 valence electrons.